The predicted molar refractivity (Wildman–Crippen MR) is 129 cm³/mol. The molecule has 2 aliphatic rings. The first-order valence-electron chi connectivity index (χ1n) is 11.8. The van der Waals surface area contributed by atoms with E-state index in [0.717, 1.165) is 37.4 Å². The Morgan fingerprint density at radius 2 is 1.77 bits per heavy atom. The van der Waals surface area contributed by atoms with Crippen LogP contribution in [0.4, 0.5) is 0 Å². The van der Waals surface area contributed by atoms with Crippen LogP contribution in [0.5, 0.6) is 0 Å². The fraction of sp³-hybridized carbons (Fsp3) is 0.818. The van der Waals surface area contributed by atoms with Gasteiger partial charge in [-0.1, -0.05) is 32.5 Å². The number of phosphoric ester groups is 1. The first-order valence-corrected chi connectivity index (χ1v) is 14.3. The fourth-order valence-electron chi connectivity index (χ4n) is 3.72. The van der Waals surface area contributed by atoms with Crippen LogP contribution in [0.15, 0.2) is 0 Å². The minimum absolute atomic E-state index is 0.0242. The van der Waals surface area contributed by atoms with E-state index in [2.05, 4.69) is 17.6 Å². The number of hydrogen-bond acceptors (Lipinski definition) is 10. The Bertz CT molecular complexity index is 815. The predicted octanol–water partition coefficient (Wildman–Crippen LogP) is 2.78. The summed E-state index contributed by atoms with van der Waals surface area (Å²) in [5.74, 6) is -0.380. The Morgan fingerprint density at radius 1 is 1.09 bits per heavy atom. The van der Waals surface area contributed by atoms with Crippen molar-refractivity contribution < 1.29 is 42.1 Å². The first kappa shape index (κ1) is 29.8. The summed E-state index contributed by atoms with van der Waals surface area (Å²) in [6, 6.07) is 0. The van der Waals surface area contributed by atoms with Gasteiger partial charge >= 0.3 is 13.8 Å². The van der Waals surface area contributed by atoms with E-state index in [-0.39, 0.29) is 36.5 Å². The van der Waals surface area contributed by atoms with Crippen molar-refractivity contribution in [3.8, 4) is 0 Å². The van der Waals surface area contributed by atoms with Gasteiger partial charge in [-0.25, -0.2) is 9.09 Å². The molecule has 200 valence electrons. The van der Waals surface area contributed by atoms with Crippen molar-refractivity contribution in [2.45, 2.75) is 65.9 Å². The lowest BCUT2D eigenvalue weighted by Gasteiger charge is -2.39. The SMILES string of the molecule is CC(=O)SCCNC(=O)CCNC(=O)[C@@H]1OP(=O)(OCOC(=O)C2CCC(C)CC2)OCC1(C)C. The molecule has 2 fully saturated rings. The van der Waals surface area contributed by atoms with Crippen molar-refractivity contribution in [1.82, 2.24) is 10.6 Å². The molecular weight excluding hydrogens is 499 g/mol. The zero-order chi connectivity index (χ0) is 26.1. The number of esters is 1. The monoisotopic (exact) mass is 536 g/mol. The molecule has 2 N–H and O–H groups in total. The topological polar surface area (TPSA) is 146 Å². The molecule has 0 aromatic heterocycles. The summed E-state index contributed by atoms with van der Waals surface area (Å²) < 4.78 is 33.8. The lowest BCUT2D eigenvalue weighted by molar-refractivity contribution is -0.161. The summed E-state index contributed by atoms with van der Waals surface area (Å²) in [5, 5.41) is 5.24. The second-order valence-corrected chi connectivity index (χ2v) is 12.5. The van der Waals surface area contributed by atoms with Crippen LogP contribution in [0.2, 0.25) is 0 Å². The molecule has 0 radical (unpaired) electrons. The summed E-state index contributed by atoms with van der Waals surface area (Å²) in [6.07, 6.45) is 2.28. The van der Waals surface area contributed by atoms with Crippen LogP contribution in [-0.4, -0.2) is 61.2 Å². The van der Waals surface area contributed by atoms with Crippen molar-refractivity contribution in [2.75, 3.05) is 32.2 Å². The number of carbonyl (C=O) groups is 4. The Balaban J connectivity index is 1.76. The van der Waals surface area contributed by atoms with Crippen molar-refractivity contribution in [3.05, 3.63) is 0 Å². The van der Waals surface area contributed by atoms with Gasteiger partial charge in [-0.05, 0) is 31.6 Å². The number of nitrogens with one attached hydrogen (secondary N) is 2. The standard InChI is InChI=1S/C22H37N2O9PS/c1-15-5-7-17(8-6-15)21(28)30-14-32-34(29)31-13-22(3,4)19(33-34)20(27)24-10-9-18(26)23-11-12-35-16(2)25/h15,17,19H,5-14H2,1-4H3,(H,23,26)(H,24,27)/t15?,17?,19-,34?/m0/s1. The molecule has 1 unspecified atom stereocenters. The number of thioether (sulfide) groups is 1. The Labute approximate surface area is 210 Å². The molecule has 1 aliphatic carbocycles. The quantitative estimate of drug-likeness (QED) is 0.175. The molecule has 2 atom stereocenters. The van der Waals surface area contributed by atoms with E-state index in [1.807, 2.05) is 0 Å². The maximum absolute atomic E-state index is 12.9. The van der Waals surface area contributed by atoms with Gasteiger partial charge in [0.05, 0.1) is 12.5 Å². The zero-order valence-corrected chi connectivity index (χ0v) is 22.5. The first-order chi connectivity index (χ1) is 16.4. The van der Waals surface area contributed by atoms with Gasteiger partial charge < -0.3 is 15.4 Å². The molecule has 35 heavy (non-hydrogen) atoms. The van der Waals surface area contributed by atoms with Crippen LogP contribution < -0.4 is 10.6 Å². The Morgan fingerprint density at radius 3 is 2.43 bits per heavy atom. The number of ether oxygens (including phenoxy) is 1. The van der Waals surface area contributed by atoms with E-state index >= 15 is 0 Å². The molecule has 11 nitrogen and oxygen atoms in total. The molecule has 1 heterocycles. The summed E-state index contributed by atoms with van der Waals surface area (Å²) >= 11 is 1.12. The highest BCUT2D eigenvalue weighted by atomic mass is 32.2. The van der Waals surface area contributed by atoms with E-state index in [4.69, 9.17) is 18.3 Å². The molecule has 2 rings (SSSR count). The minimum atomic E-state index is -4.13. The second kappa shape index (κ2) is 13.7. The third-order valence-corrected chi connectivity index (χ3v) is 8.07. The van der Waals surface area contributed by atoms with Gasteiger partial charge in [0.25, 0.3) is 0 Å². The highest BCUT2D eigenvalue weighted by molar-refractivity contribution is 8.13. The number of carbonyl (C=O) groups excluding carboxylic acids is 4. The van der Waals surface area contributed by atoms with Crippen LogP contribution >= 0.6 is 19.6 Å². The van der Waals surface area contributed by atoms with Gasteiger partial charge in [-0.15, -0.1) is 0 Å². The van der Waals surface area contributed by atoms with E-state index in [0.29, 0.717) is 18.2 Å². The van der Waals surface area contributed by atoms with Crippen molar-refractivity contribution in [2.24, 2.45) is 17.3 Å². The largest absolute Gasteiger partial charge is 0.478 e. The third kappa shape index (κ3) is 10.2. The molecule has 0 spiro atoms. The van der Waals surface area contributed by atoms with Gasteiger partial charge in [-0.2, -0.15) is 0 Å². The van der Waals surface area contributed by atoms with Crippen LogP contribution in [0.3, 0.4) is 0 Å². The molecule has 1 saturated carbocycles. The molecular formula is C22H37N2O9PS. The summed E-state index contributed by atoms with van der Waals surface area (Å²) in [4.78, 5) is 47.7. The molecule has 1 aliphatic heterocycles. The minimum Gasteiger partial charge on any atom is -0.438 e. The van der Waals surface area contributed by atoms with E-state index < -0.39 is 38.0 Å². The Kier molecular flexibility index (Phi) is 11.7. The van der Waals surface area contributed by atoms with E-state index in [1.54, 1.807) is 13.8 Å². The molecule has 0 aromatic carbocycles. The van der Waals surface area contributed by atoms with Crippen molar-refractivity contribution in [1.29, 1.82) is 0 Å². The van der Waals surface area contributed by atoms with Crippen LogP contribution in [0, 0.1) is 17.3 Å². The van der Waals surface area contributed by atoms with Gasteiger partial charge in [-0.3, -0.25) is 28.2 Å². The number of hydrogen-bond donors (Lipinski definition) is 2. The lowest BCUT2D eigenvalue weighted by Crippen LogP contribution is -2.50. The average Bonchev–Trinajstić information content (AvgIpc) is 2.79. The van der Waals surface area contributed by atoms with Crippen LogP contribution in [0.1, 0.15) is 59.8 Å². The number of amides is 2. The summed E-state index contributed by atoms with van der Waals surface area (Å²) in [7, 11) is -4.13. The third-order valence-electron chi connectivity index (χ3n) is 5.92. The highest BCUT2D eigenvalue weighted by Crippen LogP contribution is 2.57. The van der Waals surface area contributed by atoms with Crippen molar-refractivity contribution in [3.63, 3.8) is 0 Å². The van der Waals surface area contributed by atoms with E-state index in [9.17, 15) is 23.7 Å². The molecule has 13 heteroatoms. The molecule has 2 amide bonds. The van der Waals surface area contributed by atoms with Gasteiger partial charge in [0.1, 0.15) is 0 Å². The smallest absolute Gasteiger partial charge is 0.438 e. The maximum Gasteiger partial charge on any atom is 0.478 e. The van der Waals surface area contributed by atoms with Gasteiger partial charge in [0.2, 0.25) is 18.6 Å². The number of phosphoric acid groups is 1. The molecule has 0 bridgehead atoms. The zero-order valence-electron chi connectivity index (χ0n) is 20.8. The fourth-order valence-corrected chi connectivity index (χ4v) is 5.72. The Hall–Kier alpha value is -1.46. The summed E-state index contributed by atoms with van der Waals surface area (Å²) in [6.45, 7) is 6.74. The van der Waals surface area contributed by atoms with Crippen LogP contribution in [0.25, 0.3) is 0 Å². The molecule has 1 saturated heterocycles. The lowest BCUT2D eigenvalue weighted by atomic mass is 9.83. The van der Waals surface area contributed by atoms with Gasteiger partial charge in [0, 0.05) is 37.6 Å². The molecule has 0 aromatic rings. The van der Waals surface area contributed by atoms with E-state index in [1.165, 1.54) is 6.92 Å². The average molecular weight is 537 g/mol. The maximum atomic E-state index is 12.9. The number of rotatable bonds is 11. The van der Waals surface area contributed by atoms with Crippen LogP contribution in [-0.2, 0) is 42.1 Å². The normalized spacial score (nSPS) is 28.1. The van der Waals surface area contributed by atoms with Gasteiger partial charge in [0.15, 0.2) is 11.2 Å². The second-order valence-electron chi connectivity index (χ2n) is 9.59. The van der Waals surface area contributed by atoms with Crippen molar-refractivity contribution >= 4 is 42.5 Å². The highest BCUT2D eigenvalue weighted by Gasteiger charge is 2.49. The summed E-state index contributed by atoms with van der Waals surface area (Å²) in [5.41, 5.74) is -0.816.